The molecule has 26 heavy (non-hydrogen) atoms. The van der Waals surface area contributed by atoms with Gasteiger partial charge in [-0.25, -0.2) is 9.97 Å². The fourth-order valence-electron chi connectivity index (χ4n) is 2.64. The summed E-state index contributed by atoms with van der Waals surface area (Å²) >= 11 is 0. The predicted octanol–water partition coefficient (Wildman–Crippen LogP) is 1.48. The van der Waals surface area contributed by atoms with Crippen LogP contribution in [0.1, 0.15) is 10.5 Å². The highest BCUT2D eigenvalue weighted by Gasteiger charge is 2.12. The van der Waals surface area contributed by atoms with E-state index in [2.05, 4.69) is 25.5 Å². The van der Waals surface area contributed by atoms with Crippen LogP contribution in [0.5, 0.6) is 5.75 Å². The number of nitrogens with zero attached hydrogens (tertiary/aromatic N) is 3. The van der Waals surface area contributed by atoms with Gasteiger partial charge in [0.15, 0.2) is 0 Å². The summed E-state index contributed by atoms with van der Waals surface area (Å²) < 4.78 is 10.5. The van der Waals surface area contributed by atoms with E-state index in [1.54, 1.807) is 25.4 Å². The highest BCUT2D eigenvalue weighted by molar-refractivity contribution is 6.03. The Balaban J connectivity index is 1.51. The van der Waals surface area contributed by atoms with Crippen molar-refractivity contribution in [3.05, 3.63) is 42.4 Å². The summed E-state index contributed by atoms with van der Waals surface area (Å²) in [6.07, 6.45) is 3.03. The van der Waals surface area contributed by atoms with Gasteiger partial charge in [0.25, 0.3) is 5.91 Å². The van der Waals surface area contributed by atoms with Crippen molar-refractivity contribution in [2.75, 3.05) is 57.1 Å². The van der Waals surface area contributed by atoms with Crippen molar-refractivity contribution in [1.82, 2.24) is 14.9 Å². The van der Waals surface area contributed by atoms with Gasteiger partial charge in [0.05, 0.1) is 38.4 Å². The van der Waals surface area contributed by atoms with Gasteiger partial charge >= 0.3 is 0 Å². The summed E-state index contributed by atoms with van der Waals surface area (Å²) in [5.41, 5.74) is 0.837. The Morgan fingerprint density at radius 1 is 1.23 bits per heavy atom. The first kappa shape index (κ1) is 18.1. The molecule has 1 aliphatic heterocycles. The van der Waals surface area contributed by atoms with E-state index >= 15 is 0 Å². The third kappa shape index (κ3) is 4.90. The summed E-state index contributed by atoms with van der Waals surface area (Å²) in [6, 6.07) is 7.21. The van der Waals surface area contributed by atoms with Gasteiger partial charge in [-0.2, -0.15) is 0 Å². The van der Waals surface area contributed by atoms with Crippen molar-refractivity contribution in [2.24, 2.45) is 0 Å². The minimum Gasteiger partial charge on any atom is -0.495 e. The molecule has 0 spiro atoms. The normalized spacial score (nSPS) is 14.7. The number of benzene rings is 1. The fourth-order valence-corrected chi connectivity index (χ4v) is 2.64. The van der Waals surface area contributed by atoms with Crippen molar-refractivity contribution in [3.63, 3.8) is 0 Å². The number of methoxy groups -OCH3 is 1. The number of rotatable bonds is 7. The van der Waals surface area contributed by atoms with Gasteiger partial charge in [-0.05, 0) is 12.1 Å². The van der Waals surface area contributed by atoms with Crippen LogP contribution in [-0.2, 0) is 4.74 Å². The van der Waals surface area contributed by atoms with Crippen LogP contribution in [0.15, 0.2) is 36.7 Å². The van der Waals surface area contributed by atoms with Crippen LogP contribution in [0, 0.1) is 0 Å². The van der Waals surface area contributed by atoms with Crippen molar-refractivity contribution in [1.29, 1.82) is 0 Å². The highest BCUT2D eigenvalue weighted by atomic mass is 16.5. The average molecular weight is 357 g/mol. The van der Waals surface area contributed by atoms with Gasteiger partial charge in [-0.3, -0.25) is 9.69 Å². The Bertz CT molecular complexity index is 717. The number of anilines is 2. The van der Waals surface area contributed by atoms with Gasteiger partial charge in [0.1, 0.15) is 17.3 Å². The van der Waals surface area contributed by atoms with Crippen LogP contribution >= 0.6 is 0 Å². The monoisotopic (exact) mass is 357 g/mol. The van der Waals surface area contributed by atoms with Crippen molar-refractivity contribution < 1.29 is 14.3 Å². The van der Waals surface area contributed by atoms with Crippen LogP contribution in [0.25, 0.3) is 0 Å². The molecule has 0 unspecified atom stereocenters. The molecule has 1 saturated heterocycles. The van der Waals surface area contributed by atoms with E-state index in [0.717, 1.165) is 39.4 Å². The zero-order chi connectivity index (χ0) is 18.2. The largest absolute Gasteiger partial charge is 0.495 e. The van der Waals surface area contributed by atoms with E-state index in [0.29, 0.717) is 17.3 Å². The molecule has 8 heteroatoms. The van der Waals surface area contributed by atoms with E-state index in [-0.39, 0.29) is 11.6 Å². The number of hydrogen-bond donors (Lipinski definition) is 2. The molecule has 1 aromatic heterocycles. The molecule has 0 atom stereocenters. The molecule has 1 amide bonds. The third-order valence-corrected chi connectivity index (χ3v) is 4.08. The van der Waals surface area contributed by atoms with Crippen LogP contribution in [-0.4, -0.2) is 67.3 Å². The molecular formula is C18H23N5O3. The Labute approximate surface area is 152 Å². The maximum Gasteiger partial charge on any atom is 0.275 e. The Morgan fingerprint density at radius 2 is 2.04 bits per heavy atom. The molecule has 0 bridgehead atoms. The van der Waals surface area contributed by atoms with E-state index < -0.39 is 0 Å². The minimum atomic E-state index is -0.332. The summed E-state index contributed by atoms with van der Waals surface area (Å²) in [5.74, 6) is 0.907. The zero-order valence-electron chi connectivity index (χ0n) is 14.8. The number of aromatic nitrogens is 2. The third-order valence-electron chi connectivity index (χ3n) is 4.08. The van der Waals surface area contributed by atoms with Gasteiger partial charge in [0.2, 0.25) is 0 Å². The van der Waals surface area contributed by atoms with Crippen molar-refractivity contribution in [3.8, 4) is 5.75 Å². The molecule has 0 radical (unpaired) electrons. The van der Waals surface area contributed by atoms with Crippen LogP contribution in [0.3, 0.4) is 0 Å². The lowest BCUT2D eigenvalue weighted by Gasteiger charge is -2.26. The predicted molar refractivity (Wildman–Crippen MR) is 98.7 cm³/mol. The lowest BCUT2D eigenvalue weighted by Crippen LogP contribution is -2.39. The molecule has 1 fully saturated rings. The first-order chi connectivity index (χ1) is 12.8. The maximum atomic E-state index is 12.3. The van der Waals surface area contributed by atoms with Crippen LogP contribution in [0.4, 0.5) is 11.5 Å². The molecule has 138 valence electrons. The van der Waals surface area contributed by atoms with E-state index in [1.165, 1.54) is 6.20 Å². The second kappa shape index (κ2) is 9.12. The molecular weight excluding hydrogens is 334 g/mol. The number of hydrogen-bond acceptors (Lipinski definition) is 7. The number of carbonyl (C=O) groups is 1. The lowest BCUT2D eigenvalue weighted by atomic mass is 10.3. The smallest absolute Gasteiger partial charge is 0.275 e. The van der Waals surface area contributed by atoms with E-state index in [1.807, 2.05) is 12.1 Å². The number of carbonyl (C=O) groups excluding carboxylic acids is 1. The maximum absolute atomic E-state index is 12.3. The van der Waals surface area contributed by atoms with Gasteiger partial charge in [-0.15, -0.1) is 0 Å². The summed E-state index contributed by atoms with van der Waals surface area (Å²) in [5, 5.41) is 6.00. The van der Waals surface area contributed by atoms with E-state index in [9.17, 15) is 4.79 Å². The molecule has 1 aromatic carbocycles. The van der Waals surface area contributed by atoms with E-state index in [4.69, 9.17) is 9.47 Å². The molecule has 1 aliphatic rings. The van der Waals surface area contributed by atoms with Crippen molar-refractivity contribution >= 4 is 17.4 Å². The van der Waals surface area contributed by atoms with Crippen LogP contribution < -0.4 is 15.4 Å². The Kier molecular flexibility index (Phi) is 6.34. The number of amides is 1. The molecule has 2 heterocycles. The average Bonchev–Trinajstić information content (AvgIpc) is 2.70. The van der Waals surface area contributed by atoms with Crippen molar-refractivity contribution in [2.45, 2.75) is 0 Å². The van der Waals surface area contributed by atoms with Gasteiger partial charge in [-0.1, -0.05) is 12.1 Å². The second-order valence-electron chi connectivity index (χ2n) is 5.82. The number of para-hydroxylation sites is 2. The summed E-state index contributed by atoms with van der Waals surface area (Å²) in [4.78, 5) is 23.1. The fraction of sp³-hybridized carbons (Fsp3) is 0.389. The van der Waals surface area contributed by atoms with Gasteiger partial charge in [0, 0.05) is 26.2 Å². The topological polar surface area (TPSA) is 88.6 Å². The standard InChI is InChI=1S/C18H23N5O3/c1-25-16-5-3-2-4-14(16)22-18(24)15-12-21-17(13-20-15)19-6-7-23-8-10-26-11-9-23/h2-5,12-13H,6-11H2,1H3,(H,19,21)(H,22,24). The molecule has 3 rings (SSSR count). The van der Waals surface area contributed by atoms with Crippen LogP contribution in [0.2, 0.25) is 0 Å². The zero-order valence-corrected chi connectivity index (χ0v) is 14.8. The molecule has 2 N–H and O–H groups in total. The minimum absolute atomic E-state index is 0.245. The first-order valence-electron chi connectivity index (χ1n) is 8.56. The molecule has 0 aliphatic carbocycles. The number of ether oxygens (including phenoxy) is 2. The Morgan fingerprint density at radius 3 is 2.77 bits per heavy atom. The SMILES string of the molecule is COc1ccccc1NC(=O)c1cnc(NCCN2CCOCC2)cn1. The van der Waals surface area contributed by atoms with Gasteiger partial charge < -0.3 is 20.1 Å². The number of morpholine rings is 1. The number of nitrogens with one attached hydrogen (secondary N) is 2. The summed E-state index contributed by atoms with van der Waals surface area (Å²) in [6.45, 7) is 5.17. The molecule has 8 nitrogen and oxygen atoms in total. The second-order valence-corrected chi connectivity index (χ2v) is 5.82. The summed E-state index contributed by atoms with van der Waals surface area (Å²) in [7, 11) is 1.56. The molecule has 2 aromatic rings. The lowest BCUT2D eigenvalue weighted by molar-refractivity contribution is 0.0398. The quantitative estimate of drug-likeness (QED) is 0.776. The first-order valence-corrected chi connectivity index (χ1v) is 8.56. The molecule has 0 saturated carbocycles. The Hall–Kier alpha value is -2.71. The highest BCUT2D eigenvalue weighted by Crippen LogP contribution is 2.23.